The molecule has 0 fully saturated rings. The van der Waals surface area contributed by atoms with Crippen molar-refractivity contribution >= 4 is 58.5 Å². The molecule has 0 unspecified atom stereocenters. The zero-order chi connectivity index (χ0) is 18.5. The summed E-state index contributed by atoms with van der Waals surface area (Å²) < 4.78 is 0. The van der Waals surface area contributed by atoms with E-state index in [1.165, 1.54) is 10.4 Å². The van der Waals surface area contributed by atoms with Crippen molar-refractivity contribution in [3.05, 3.63) is 57.6 Å². The third-order valence-electron chi connectivity index (χ3n) is 4.19. The largest absolute Gasteiger partial charge is 0.370 e. The molecule has 2 heterocycles. The molecule has 8 heteroatoms. The second-order valence-electron chi connectivity index (χ2n) is 6.51. The molecular weight excluding hydrogens is 433 g/mol. The molecule has 28 heavy (non-hydrogen) atoms. The van der Waals surface area contributed by atoms with Crippen LogP contribution in [0.3, 0.4) is 0 Å². The van der Waals surface area contributed by atoms with Crippen molar-refractivity contribution in [3.8, 4) is 11.3 Å². The molecule has 4 nitrogen and oxygen atoms in total. The number of thiophene rings is 1. The highest BCUT2D eigenvalue weighted by atomic mass is 35.5. The first-order valence-corrected chi connectivity index (χ1v) is 10.4. The Morgan fingerprint density at radius 3 is 2.43 bits per heavy atom. The van der Waals surface area contributed by atoms with E-state index in [0.29, 0.717) is 18.9 Å². The zero-order valence-corrected chi connectivity index (χ0v) is 19.1. The quantitative estimate of drug-likeness (QED) is 0.470. The van der Waals surface area contributed by atoms with E-state index in [4.69, 9.17) is 10.7 Å². The van der Waals surface area contributed by atoms with Crippen molar-refractivity contribution in [1.29, 1.82) is 0 Å². The molecule has 3 rings (SSSR count). The number of hydrogen-bond donors (Lipinski definition) is 1. The summed E-state index contributed by atoms with van der Waals surface area (Å²) in [6, 6.07) is 12.7. The van der Waals surface area contributed by atoms with Gasteiger partial charge in [-0.15, -0.1) is 47.5 Å². The standard InChI is InChI=1S/C20H23N3OS2.2ClH/c1-14(2)15-5-7-16(8-6-15)18-13-26-20(22-18)23(10-9-19(21)24)12-17-4-3-11-25-17;;/h3-8,11,13-14H,9-10,12H2,1-2H3,(H2,21,24);2*1H. The Bertz CT molecular complexity index is 849. The molecule has 152 valence electrons. The molecule has 1 aromatic carbocycles. The first-order valence-electron chi connectivity index (χ1n) is 8.64. The molecule has 0 spiro atoms. The maximum Gasteiger partial charge on any atom is 0.219 e. The van der Waals surface area contributed by atoms with Crippen LogP contribution in [0.25, 0.3) is 11.3 Å². The summed E-state index contributed by atoms with van der Waals surface area (Å²) in [5.41, 5.74) is 8.75. The van der Waals surface area contributed by atoms with Gasteiger partial charge in [-0.2, -0.15) is 0 Å². The minimum absolute atomic E-state index is 0. The third kappa shape index (κ3) is 6.48. The van der Waals surface area contributed by atoms with Gasteiger partial charge in [-0.1, -0.05) is 44.2 Å². The predicted octanol–water partition coefficient (Wildman–Crippen LogP) is 5.72. The smallest absolute Gasteiger partial charge is 0.219 e. The number of anilines is 1. The average molecular weight is 458 g/mol. The Kier molecular flexibility index (Phi) is 9.96. The monoisotopic (exact) mass is 457 g/mol. The summed E-state index contributed by atoms with van der Waals surface area (Å²) >= 11 is 3.31. The summed E-state index contributed by atoms with van der Waals surface area (Å²) in [7, 11) is 0. The average Bonchev–Trinajstić information content (AvgIpc) is 3.30. The fourth-order valence-corrected chi connectivity index (χ4v) is 4.24. The van der Waals surface area contributed by atoms with Crippen molar-refractivity contribution in [2.75, 3.05) is 11.4 Å². The maximum absolute atomic E-state index is 11.2. The number of nitrogens with two attached hydrogens (primary N) is 1. The second kappa shape index (κ2) is 11.4. The van der Waals surface area contributed by atoms with Gasteiger partial charge in [0.1, 0.15) is 0 Å². The van der Waals surface area contributed by atoms with Gasteiger partial charge in [-0.05, 0) is 22.9 Å². The summed E-state index contributed by atoms with van der Waals surface area (Å²) in [6.07, 6.45) is 0.323. The maximum atomic E-state index is 11.2. The molecule has 0 aliphatic rings. The van der Waals surface area contributed by atoms with Gasteiger partial charge < -0.3 is 10.6 Å². The summed E-state index contributed by atoms with van der Waals surface area (Å²) in [4.78, 5) is 19.4. The first-order chi connectivity index (χ1) is 12.5. The zero-order valence-electron chi connectivity index (χ0n) is 15.8. The Morgan fingerprint density at radius 2 is 1.86 bits per heavy atom. The molecule has 2 N–H and O–H groups in total. The molecule has 0 saturated carbocycles. The number of benzene rings is 1. The van der Waals surface area contributed by atoms with E-state index in [-0.39, 0.29) is 30.7 Å². The van der Waals surface area contributed by atoms with Gasteiger partial charge in [0.15, 0.2) is 5.13 Å². The van der Waals surface area contributed by atoms with Crippen LogP contribution >= 0.6 is 47.5 Å². The third-order valence-corrected chi connectivity index (χ3v) is 5.95. The lowest BCUT2D eigenvalue weighted by Crippen LogP contribution is -2.27. The Balaban J connectivity index is 0.00000196. The number of hydrogen-bond acceptors (Lipinski definition) is 5. The van der Waals surface area contributed by atoms with Crippen LogP contribution in [0.4, 0.5) is 5.13 Å². The minimum Gasteiger partial charge on any atom is -0.370 e. The highest BCUT2D eigenvalue weighted by molar-refractivity contribution is 7.14. The van der Waals surface area contributed by atoms with E-state index in [1.807, 2.05) is 6.07 Å². The van der Waals surface area contributed by atoms with Crippen molar-refractivity contribution in [3.63, 3.8) is 0 Å². The van der Waals surface area contributed by atoms with Gasteiger partial charge in [-0.25, -0.2) is 4.98 Å². The molecule has 0 aliphatic carbocycles. The van der Waals surface area contributed by atoms with E-state index in [0.717, 1.165) is 22.9 Å². The molecule has 0 atom stereocenters. The van der Waals surface area contributed by atoms with Crippen LogP contribution in [0.2, 0.25) is 0 Å². The number of carbonyl (C=O) groups is 1. The van der Waals surface area contributed by atoms with Crippen LogP contribution < -0.4 is 10.6 Å². The number of rotatable bonds is 8. The van der Waals surface area contributed by atoms with Gasteiger partial charge in [-0.3, -0.25) is 4.79 Å². The molecule has 1 amide bonds. The predicted molar refractivity (Wildman–Crippen MR) is 125 cm³/mol. The Morgan fingerprint density at radius 1 is 1.14 bits per heavy atom. The lowest BCUT2D eigenvalue weighted by Gasteiger charge is -2.20. The van der Waals surface area contributed by atoms with Crippen molar-refractivity contribution in [2.24, 2.45) is 5.73 Å². The molecule has 0 saturated heterocycles. The Labute approximate surface area is 186 Å². The van der Waals surface area contributed by atoms with Gasteiger partial charge in [0.2, 0.25) is 5.91 Å². The van der Waals surface area contributed by atoms with Crippen LogP contribution in [-0.4, -0.2) is 17.4 Å². The van der Waals surface area contributed by atoms with Crippen LogP contribution in [0.15, 0.2) is 47.2 Å². The van der Waals surface area contributed by atoms with Crippen molar-refractivity contribution < 1.29 is 4.79 Å². The number of halogens is 2. The molecule has 3 aromatic rings. The number of nitrogens with zero attached hydrogens (tertiary/aromatic N) is 2. The lowest BCUT2D eigenvalue weighted by atomic mass is 10.0. The van der Waals surface area contributed by atoms with Crippen LogP contribution in [0, 0.1) is 0 Å². The fraction of sp³-hybridized carbons (Fsp3) is 0.300. The van der Waals surface area contributed by atoms with E-state index in [9.17, 15) is 4.79 Å². The molecule has 2 aromatic heterocycles. The van der Waals surface area contributed by atoms with Gasteiger partial charge in [0.05, 0.1) is 12.2 Å². The fourth-order valence-electron chi connectivity index (χ4n) is 2.66. The number of amides is 1. The van der Waals surface area contributed by atoms with Crippen LogP contribution in [-0.2, 0) is 11.3 Å². The summed E-state index contributed by atoms with van der Waals surface area (Å²) in [5.74, 6) is 0.229. The van der Waals surface area contributed by atoms with Crippen LogP contribution in [0.5, 0.6) is 0 Å². The molecular formula is C20H25Cl2N3OS2. The highest BCUT2D eigenvalue weighted by Gasteiger charge is 2.14. The lowest BCUT2D eigenvalue weighted by molar-refractivity contribution is -0.117. The molecule has 0 aliphatic heterocycles. The van der Waals surface area contributed by atoms with Gasteiger partial charge >= 0.3 is 0 Å². The van der Waals surface area contributed by atoms with Crippen molar-refractivity contribution in [1.82, 2.24) is 4.98 Å². The van der Waals surface area contributed by atoms with Crippen LogP contribution in [0.1, 0.15) is 36.6 Å². The number of aromatic nitrogens is 1. The summed E-state index contributed by atoms with van der Waals surface area (Å²) in [5, 5.41) is 5.05. The normalized spacial score (nSPS) is 10.2. The number of carbonyl (C=O) groups excluding carboxylic acids is 1. The van der Waals surface area contributed by atoms with Crippen molar-refractivity contribution in [2.45, 2.75) is 32.7 Å². The highest BCUT2D eigenvalue weighted by Crippen LogP contribution is 2.30. The van der Waals surface area contributed by atoms with E-state index in [2.05, 4.69) is 59.8 Å². The van der Waals surface area contributed by atoms with Gasteiger partial charge in [0, 0.05) is 28.8 Å². The minimum atomic E-state index is -0.290. The SMILES string of the molecule is CC(C)c1ccc(-c2csc(N(CCC(N)=O)Cc3cccs3)n2)cc1.Cl.Cl. The second-order valence-corrected chi connectivity index (χ2v) is 8.38. The topological polar surface area (TPSA) is 59.2 Å². The van der Waals surface area contributed by atoms with E-state index >= 15 is 0 Å². The van der Waals surface area contributed by atoms with E-state index in [1.54, 1.807) is 22.7 Å². The Hall–Kier alpha value is -1.60. The van der Waals surface area contributed by atoms with E-state index < -0.39 is 0 Å². The molecule has 0 bridgehead atoms. The summed E-state index contributed by atoms with van der Waals surface area (Å²) in [6.45, 7) is 5.70. The number of primary amides is 1. The number of thiazole rings is 1. The van der Waals surface area contributed by atoms with Gasteiger partial charge in [0.25, 0.3) is 0 Å². The molecule has 0 radical (unpaired) electrons. The first kappa shape index (κ1) is 24.4.